The van der Waals surface area contributed by atoms with Gasteiger partial charge in [-0.2, -0.15) is 0 Å². The van der Waals surface area contributed by atoms with Crippen LogP contribution < -0.4 is 0 Å². The number of nitrogens with zero attached hydrogens (tertiary/aromatic N) is 2. The van der Waals surface area contributed by atoms with Gasteiger partial charge in [0.2, 0.25) is 5.91 Å². The van der Waals surface area contributed by atoms with Crippen LogP contribution in [0.1, 0.15) is 30.2 Å². The molecule has 1 aliphatic heterocycles. The number of likely N-dealkylation sites (N-methyl/N-ethyl adjacent to an activating group) is 1. The molecule has 5 heteroatoms. The minimum Gasteiger partial charge on any atom is -0.371 e. The van der Waals surface area contributed by atoms with Gasteiger partial charge in [0.15, 0.2) is 0 Å². The highest BCUT2D eigenvalue weighted by Crippen LogP contribution is 2.23. The fourth-order valence-corrected chi connectivity index (χ4v) is 3.20. The third kappa shape index (κ3) is 4.48. The Morgan fingerprint density at radius 2 is 1.92 bits per heavy atom. The summed E-state index contributed by atoms with van der Waals surface area (Å²) in [6.45, 7) is 4.30. The van der Waals surface area contributed by atoms with Crippen molar-refractivity contribution in [3.8, 4) is 0 Å². The van der Waals surface area contributed by atoms with E-state index >= 15 is 0 Å². The van der Waals surface area contributed by atoms with E-state index in [2.05, 4.69) is 4.90 Å². The summed E-state index contributed by atoms with van der Waals surface area (Å²) in [5.41, 5.74) is 2.06. The van der Waals surface area contributed by atoms with E-state index in [4.69, 9.17) is 4.74 Å². The van der Waals surface area contributed by atoms with Gasteiger partial charge in [0.05, 0.1) is 25.3 Å². The first-order valence-electron chi connectivity index (χ1n) is 8.94. The third-order valence-electron chi connectivity index (χ3n) is 5.01. The summed E-state index contributed by atoms with van der Waals surface area (Å²) in [6.07, 6.45) is -0.131. The molecule has 0 aromatic heterocycles. The van der Waals surface area contributed by atoms with Crippen molar-refractivity contribution in [3.63, 3.8) is 0 Å². The fraction of sp³-hybridized carbons (Fsp3) is 0.381. The van der Waals surface area contributed by atoms with E-state index in [1.165, 1.54) is 12.1 Å². The lowest BCUT2D eigenvalue weighted by Crippen LogP contribution is -2.45. The van der Waals surface area contributed by atoms with Crippen molar-refractivity contribution in [1.29, 1.82) is 0 Å². The number of ether oxygens (including phenoxy) is 1. The molecular weight excluding hydrogens is 331 g/mol. The molecule has 0 radical (unpaired) electrons. The second kappa shape index (κ2) is 8.43. The molecule has 0 saturated carbocycles. The zero-order chi connectivity index (χ0) is 18.5. The maximum absolute atomic E-state index is 13.1. The Kier molecular flexibility index (Phi) is 6.01. The summed E-state index contributed by atoms with van der Waals surface area (Å²) in [6, 6.07) is 16.4. The molecular formula is C21H25FN2O2. The van der Waals surface area contributed by atoms with E-state index in [9.17, 15) is 9.18 Å². The Morgan fingerprint density at radius 3 is 2.62 bits per heavy atom. The number of carbonyl (C=O) groups is 1. The van der Waals surface area contributed by atoms with Crippen molar-refractivity contribution >= 4 is 5.91 Å². The molecule has 0 unspecified atom stereocenters. The molecule has 26 heavy (non-hydrogen) atoms. The van der Waals surface area contributed by atoms with Gasteiger partial charge in [0.25, 0.3) is 0 Å². The number of halogens is 1. The summed E-state index contributed by atoms with van der Waals surface area (Å²) >= 11 is 0. The minimum atomic E-state index is -0.256. The summed E-state index contributed by atoms with van der Waals surface area (Å²) in [5.74, 6) is -0.172. The van der Waals surface area contributed by atoms with Crippen molar-refractivity contribution in [3.05, 3.63) is 71.5 Å². The van der Waals surface area contributed by atoms with Crippen molar-refractivity contribution in [1.82, 2.24) is 9.80 Å². The highest BCUT2D eigenvalue weighted by atomic mass is 19.1. The van der Waals surface area contributed by atoms with Crippen LogP contribution in [0.3, 0.4) is 0 Å². The van der Waals surface area contributed by atoms with Crippen LogP contribution in [-0.4, -0.2) is 49.0 Å². The van der Waals surface area contributed by atoms with E-state index in [0.717, 1.165) is 17.7 Å². The van der Waals surface area contributed by atoms with Gasteiger partial charge in [-0.15, -0.1) is 0 Å². The summed E-state index contributed by atoms with van der Waals surface area (Å²) < 4.78 is 18.9. The largest absolute Gasteiger partial charge is 0.371 e. The SMILES string of the molecule is C[C@H](c1ccccc1)N(C)C(=O)CN1CCO[C@H](c2ccc(F)cc2)C1. The first kappa shape index (κ1) is 18.5. The first-order chi connectivity index (χ1) is 12.5. The molecule has 1 saturated heterocycles. The number of hydrogen-bond donors (Lipinski definition) is 0. The van der Waals surface area contributed by atoms with E-state index in [-0.39, 0.29) is 23.9 Å². The van der Waals surface area contributed by atoms with Crippen molar-refractivity contribution in [2.45, 2.75) is 19.1 Å². The topological polar surface area (TPSA) is 32.8 Å². The third-order valence-corrected chi connectivity index (χ3v) is 5.01. The number of benzene rings is 2. The molecule has 2 aromatic rings. The van der Waals surface area contributed by atoms with E-state index < -0.39 is 0 Å². The lowest BCUT2D eigenvalue weighted by molar-refractivity contribution is -0.135. The zero-order valence-electron chi connectivity index (χ0n) is 15.3. The van der Waals surface area contributed by atoms with Crippen LogP contribution in [0.5, 0.6) is 0 Å². The maximum Gasteiger partial charge on any atom is 0.236 e. The van der Waals surface area contributed by atoms with Gasteiger partial charge in [-0.05, 0) is 30.2 Å². The second-order valence-corrected chi connectivity index (χ2v) is 6.74. The standard InChI is InChI=1S/C21H25FN2O2/c1-16(17-6-4-3-5-7-17)23(2)21(25)15-24-12-13-26-20(14-24)18-8-10-19(22)11-9-18/h3-11,16,20H,12-15H2,1-2H3/t16-,20+/m1/s1. The van der Waals surface area contributed by atoms with Crippen LogP contribution in [-0.2, 0) is 9.53 Å². The molecule has 0 aliphatic carbocycles. The second-order valence-electron chi connectivity index (χ2n) is 6.74. The molecule has 1 aliphatic rings. The molecule has 1 amide bonds. The van der Waals surface area contributed by atoms with Gasteiger partial charge in [0.1, 0.15) is 5.82 Å². The number of carbonyl (C=O) groups excluding carboxylic acids is 1. The molecule has 1 heterocycles. The van der Waals surface area contributed by atoms with Crippen LogP contribution in [0.4, 0.5) is 4.39 Å². The quantitative estimate of drug-likeness (QED) is 0.823. The Bertz CT molecular complexity index is 721. The number of morpholine rings is 1. The van der Waals surface area contributed by atoms with Crippen molar-refractivity contribution < 1.29 is 13.9 Å². The van der Waals surface area contributed by atoms with Crippen LogP contribution >= 0.6 is 0 Å². The van der Waals surface area contributed by atoms with Crippen LogP contribution in [0.15, 0.2) is 54.6 Å². The van der Waals surface area contributed by atoms with Gasteiger partial charge in [-0.3, -0.25) is 9.69 Å². The molecule has 2 atom stereocenters. The van der Waals surface area contributed by atoms with Crippen molar-refractivity contribution in [2.24, 2.45) is 0 Å². The summed E-state index contributed by atoms with van der Waals surface area (Å²) in [7, 11) is 1.85. The normalized spacial score (nSPS) is 19.1. The lowest BCUT2D eigenvalue weighted by Gasteiger charge is -2.34. The van der Waals surface area contributed by atoms with Gasteiger partial charge in [-0.25, -0.2) is 4.39 Å². The Hall–Kier alpha value is -2.24. The smallest absolute Gasteiger partial charge is 0.236 e. The van der Waals surface area contributed by atoms with Gasteiger partial charge in [0, 0.05) is 20.1 Å². The molecule has 3 rings (SSSR count). The molecule has 0 bridgehead atoms. The van der Waals surface area contributed by atoms with Crippen LogP contribution in [0, 0.1) is 5.82 Å². The van der Waals surface area contributed by atoms with Gasteiger partial charge < -0.3 is 9.64 Å². The number of rotatable bonds is 5. The Morgan fingerprint density at radius 1 is 1.23 bits per heavy atom. The zero-order valence-corrected chi connectivity index (χ0v) is 15.3. The van der Waals surface area contributed by atoms with E-state index in [0.29, 0.717) is 19.7 Å². The minimum absolute atomic E-state index is 0.0256. The lowest BCUT2D eigenvalue weighted by atomic mass is 10.1. The van der Waals surface area contributed by atoms with E-state index in [1.54, 1.807) is 17.0 Å². The molecule has 2 aromatic carbocycles. The Balaban J connectivity index is 1.59. The number of amides is 1. The van der Waals surface area contributed by atoms with Crippen molar-refractivity contribution in [2.75, 3.05) is 33.3 Å². The molecule has 138 valence electrons. The maximum atomic E-state index is 13.1. The summed E-state index contributed by atoms with van der Waals surface area (Å²) in [5, 5.41) is 0. The fourth-order valence-electron chi connectivity index (χ4n) is 3.20. The average Bonchev–Trinajstić information content (AvgIpc) is 2.68. The van der Waals surface area contributed by atoms with E-state index in [1.807, 2.05) is 44.3 Å². The average molecular weight is 356 g/mol. The first-order valence-corrected chi connectivity index (χ1v) is 8.94. The monoisotopic (exact) mass is 356 g/mol. The predicted molar refractivity (Wildman–Crippen MR) is 99.2 cm³/mol. The molecule has 0 spiro atoms. The number of hydrogen-bond acceptors (Lipinski definition) is 3. The predicted octanol–water partition coefficient (Wildman–Crippen LogP) is 3.42. The molecule has 4 nitrogen and oxygen atoms in total. The Labute approximate surface area is 154 Å². The van der Waals surface area contributed by atoms with Gasteiger partial charge in [-0.1, -0.05) is 42.5 Å². The molecule has 1 fully saturated rings. The molecule has 0 N–H and O–H groups in total. The van der Waals surface area contributed by atoms with Crippen LogP contribution in [0.2, 0.25) is 0 Å². The van der Waals surface area contributed by atoms with Crippen LogP contribution in [0.25, 0.3) is 0 Å². The summed E-state index contributed by atoms with van der Waals surface area (Å²) in [4.78, 5) is 16.6. The van der Waals surface area contributed by atoms with Gasteiger partial charge >= 0.3 is 0 Å². The highest BCUT2D eigenvalue weighted by molar-refractivity contribution is 5.78. The highest BCUT2D eigenvalue weighted by Gasteiger charge is 2.26.